The summed E-state index contributed by atoms with van der Waals surface area (Å²) in [6, 6.07) is 11.1. The molecule has 4 rings (SSSR count). The number of halogens is 6. The Kier molecular flexibility index (Phi) is 10.3. The Morgan fingerprint density at radius 2 is 1.39 bits per heavy atom. The van der Waals surface area contributed by atoms with Crippen molar-refractivity contribution in [3.8, 4) is 11.5 Å². The van der Waals surface area contributed by atoms with Gasteiger partial charge in [0, 0.05) is 18.2 Å². The first-order valence-corrected chi connectivity index (χ1v) is 14.2. The highest BCUT2D eigenvalue weighted by Gasteiger charge is 2.43. The van der Waals surface area contributed by atoms with Gasteiger partial charge in [0.15, 0.2) is 11.5 Å². The van der Waals surface area contributed by atoms with Crippen LogP contribution >= 0.6 is 0 Å². The first-order chi connectivity index (χ1) is 21.7. The smallest absolute Gasteiger partial charge is 0.416 e. The van der Waals surface area contributed by atoms with Crippen LogP contribution in [-0.4, -0.2) is 44.5 Å². The van der Waals surface area contributed by atoms with Crippen molar-refractivity contribution in [3.63, 3.8) is 0 Å². The van der Waals surface area contributed by atoms with Crippen LogP contribution < -0.4 is 14.4 Å². The van der Waals surface area contributed by atoms with Gasteiger partial charge in [-0.2, -0.15) is 26.3 Å². The number of amides is 2. The lowest BCUT2D eigenvalue weighted by atomic mass is 9.86. The maximum absolute atomic E-state index is 13.7. The van der Waals surface area contributed by atoms with E-state index in [0.717, 1.165) is 4.90 Å². The van der Waals surface area contributed by atoms with Crippen LogP contribution in [0.1, 0.15) is 60.2 Å². The molecule has 8 nitrogen and oxygen atoms in total. The Bertz CT molecular complexity index is 1510. The van der Waals surface area contributed by atoms with E-state index in [1.165, 1.54) is 38.2 Å². The lowest BCUT2D eigenvalue weighted by Gasteiger charge is -2.44. The zero-order valence-electron chi connectivity index (χ0n) is 25.4. The molecular formula is C32H32F6N2O6. The van der Waals surface area contributed by atoms with Gasteiger partial charge in [0.2, 0.25) is 0 Å². The highest BCUT2D eigenvalue weighted by atomic mass is 19.4. The molecule has 0 spiro atoms. The minimum Gasteiger partial charge on any atom is -0.493 e. The third kappa shape index (κ3) is 7.26. The molecule has 2 amide bonds. The van der Waals surface area contributed by atoms with Gasteiger partial charge in [-0.1, -0.05) is 30.3 Å². The summed E-state index contributed by atoms with van der Waals surface area (Å²) in [6.07, 6.45) is -11.9. The third-order valence-corrected chi connectivity index (χ3v) is 7.44. The standard InChI is InChI=1S/C32H32F6N2O6/c1-5-45-29(41)39(18-19-12-21(31(33,34)35)14-22(13-19)32(36,37)38)25-16-24(20-10-8-7-9-11-20)40(30(42)46-6-2)26-17-28(44-4)27(43-3)15-23(25)26/h7-15,17,24-25H,5-6,16,18H2,1-4H3. The molecule has 0 saturated heterocycles. The molecule has 14 heteroatoms. The van der Waals surface area contributed by atoms with Crippen LogP contribution in [0.25, 0.3) is 0 Å². The Balaban J connectivity index is 1.97. The van der Waals surface area contributed by atoms with Crippen molar-refractivity contribution in [2.75, 3.05) is 32.3 Å². The van der Waals surface area contributed by atoms with Crippen molar-refractivity contribution < 1.29 is 54.9 Å². The summed E-state index contributed by atoms with van der Waals surface area (Å²) in [5.41, 5.74) is -2.31. The van der Waals surface area contributed by atoms with E-state index in [1.54, 1.807) is 37.3 Å². The van der Waals surface area contributed by atoms with Gasteiger partial charge in [0.25, 0.3) is 0 Å². The molecule has 0 aliphatic carbocycles. The van der Waals surface area contributed by atoms with E-state index in [2.05, 4.69) is 0 Å². The van der Waals surface area contributed by atoms with E-state index in [4.69, 9.17) is 18.9 Å². The maximum atomic E-state index is 13.7. The van der Waals surface area contributed by atoms with Crippen LogP contribution in [0.2, 0.25) is 0 Å². The summed E-state index contributed by atoms with van der Waals surface area (Å²) >= 11 is 0. The van der Waals surface area contributed by atoms with Crippen molar-refractivity contribution in [2.24, 2.45) is 0 Å². The zero-order valence-corrected chi connectivity index (χ0v) is 25.4. The van der Waals surface area contributed by atoms with Crippen LogP contribution in [0.4, 0.5) is 41.6 Å². The number of nitrogens with zero attached hydrogens (tertiary/aromatic N) is 2. The van der Waals surface area contributed by atoms with Crippen molar-refractivity contribution in [1.82, 2.24) is 4.90 Å². The van der Waals surface area contributed by atoms with E-state index in [1.807, 2.05) is 0 Å². The minimum absolute atomic E-state index is 0.0217. The predicted octanol–water partition coefficient (Wildman–Crippen LogP) is 8.55. The summed E-state index contributed by atoms with van der Waals surface area (Å²) in [4.78, 5) is 29.5. The number of carbonyl (C=O) groups is 2. The van der Waals surface area contributed by atoms with E-state index >= 15 is 0 Å². The highest BCUT2D eigenvalue weighted by molar-refractivity contribution is 5.91. The molecule has 2 atom stereocenters. The van der Waals surface area contributed by atoms with Crippen LogP contribution in [0, 0.1) is 0 Å². The molecule has 1 aliphatic heterocycles. The fourth-order valence-corrected chi connectivity index (χ4v) is 5.46. The molecule has 0 N–H and O–H groups in total. The molecule has 0 fully saturated rings. The average molecular weight is 655 g/mol. The van der Waals surface area contributed by atoms with Gasteiger partial charge < -0.3 is 18.9 Å². The Hall–Kier alpha value is -4.62. The molecule has 2 unspecified atom stereocenters. The first kappa shape index (κ1) is 34.3. The normalized spacial score (nSPS) is 16.3. The lowest BCUT2D eigenvalue weighted by Crippen LogP contribution is -2.45. The SMILES string of the molecule is CCOC(=O)N(Cc1cc(C(F)(F)F)cc(C(F)(F)F)c1)C1CC(c2ccccc2)N(C(=O)OCC)c2cc(OC)c(OC)cc21. The molecular weight excluding hydrogens is 622 g/mol. The van der Waals surface area contributed by atoms with Crippen molar-refractivity contribution >= 4 is 17.9 Å². The summed E-state index contributed by atoms with van der Waals surface area (Å²) < 4.78 is 104. The van der Waals surface area contributed by atoms with Gasteiger partial charge in [-0.05, 0) is 55.7 Å². The number of benzene rings is 3. The lowest BCUT2D eigenvalue weighted by molar-refractivity contribution is -0.143. The Morgan fingerprint density at radius 3 is 1.91 bits per heavy atom. The van der Waals surface area contributed by atoms with E-state index < -0.39 is 59.9 Å². The second kappa shape index (κ2) is 13.8. The largest absolute Gasteiger partial charge is 0.493 e. The summed E-state index contributed by atoms with van der Waals surface area (Å²) in [5, 5.41) is 0. The topological polar surface area (TPSA) is 77.5 Å². The maximum Gasteiger partial charge on any atom is 0.416 e. The number of rotatable bonds is 8. The average Bonchev–Trinajstić information content (AvgIpc) is 3.01. The Labute approximate surface area is 261 Å². The second-order valence-electron chi connectivity index (χ2n) is 10.3. The number of carbonyl (C=O) groups excluding carboxylic acids is 2. The number of hydrogen-bond donors (Lipinski definition) is 0. The van der Waals surface area contributed by atoms with Gasteiger partial charge in [-0.15, -0.1) is 0 Å². The molecule has 0 radical (unpaired) electrons. The predicted molar refractivity (Wildman–Crippen MR) is 155 cm³/mol. The fraction of sp³-hybridized carbons (Fsp3) is 0.375. The van der Waals surface area contributed by atoms with E-state index in [-0.39, 0.29) is 42.9 Å². The van der Waals surface area contributed by atoms with Crippen molar-refractivity contribution in [1.29, 1.82) is 0 Å². The van der Waals surface area contributed by atoms with E-state index in [0.29, 0.717) is 23.3 Å². The number of ether oxygens (including phenoxy) is 4. The van der Waals surface area contributed by atoms with Crippen LogP contribution in [0.15, 0.2) is 60.7 Å². The van der Waals surface area contributed by atoms with Gasteiger partial charge >= 0.3 is 24.5 Å². The molecule has 3 aromatic rings. The monoisotopic (exact) mass is 654 g/mol. The quantitative estimate of drug-likeness (QED) is 0.227. The molecule has 248 valence electrons. The third-order valence-electron chi connectivity index (χ3n) is 7.44. The molecule has 0 saturated carbocycles. The van der Waals surface area contributed by atoms with E-state index in [9.17, 15) is 35.9 Å². The molecule has 3 aromatic carbocycles. The second-order valence-corrected chi connectivity index (χ2v) is 10.3. The number of hydrogen-bond acceptors (Lipinski definition) is 6. The summed E-state index contributed by atoms with van der Waals surface area (Å²) in [5.74, 6) is 0.425. The molecule has 0 aromatic heterocycles. The van der Waals surface area contributed by atoms with Crippen molar-refractivity contribution in [3.05, 3.63) is 88.5 Å². The van der Waals surface area contributed by atoms with Crippen LogP contribution in [0.3, 0.4) is 0 Å². The highest BCUT2D eigenvalue weighted by Crippen LogP contribution is 2.50. The molecule has 1 aliphatic rings. The summed E-state index contributed by atoms with van der Waals surface area (Å²) in [7, 11) is 2.74. The number of alkyl halides is 6. The molecule has 0 bridgehead atoms. The number of methoxy groups -OCH3 is 2. The first-order valence-electron chi connectivity index (χ1n) is 14.2. The van der Waals surface area contributed by atoms with Gasteiger partial charge in [-0.25, -0.2) is 9.59 Å². The van der Waals surface area contributed by atoms with Gasteiger partial charge in [0.05, 0.1) is 56.3 Å². The summed E-state index contributed by atoms with van der Waals surface area (Å²) in [6.45, 7) is 2.36. The number of anilines is 1. The van der Waals surface area contributed by atoms with Gasteiger partial charge in [-0.3, -0.25) is 9.80 Å². The van der Waals surface area contributed by atoms with Crippen LogP contribution in [-0.2, 0) is 28.4 Å². The Morgan fingerprint density at radius 1 is 0.826 bits per heavy atom. The molecule has 1 heterocycles. The molecule has 46 heavy (non-hydrogen) atoms. The minimum atomic E-state index is -5.09. The zero-order chi connectivity index (χ0) is 33.8. The van der Waals surface area contributed by atoms with Gasteiger partial charge in [0.1, 0.15) is 0 Å². The fourth-order valence-electron chi connectivity index (χ4n) is 5.46. The van der Waals surface area contributed by atoms with Crippen LogP contribution in [0.5, 0.6) is 11.5 Å². The van der Waals surface area contributed by atoms with Crippen molar-refractivity contribution in [2.45, 2.75) is 51.2 Å². The number of fused-ring (bicyclic) bond motifs is 1.